The Morgan fingerprint density at radius 1 is 1.11 bits per heavy atom. The molecule has 3 rings (SSSR count). The van der Waals surface area contributed by atoms with Crippen LogP contribution in [0.1, 0.15) is 45.8 Å². The van der Waals surface area contributed by atoms with Crippen LogP contribution in [0, 0.1) is 0 Å². The van der Waals surface area contributed by atoms with Crippen LogP contribution in [0.5, 0.6) is 5.75 Å². The van der Waals surface area contributed by atoms with Crippen molar-refractivity contribution in [2.24, 2.45) is 7.05 Å². The fourth-order valence-corrected chi connectivity index (χ4v) is 3.06. The number of nitrogens with zero attached hydrogens (tertiary/aromatic N) is 2. The van der Waals surface area contributed by atoms with Crippen molar-refractivity contribution in [2.75, 3.05) is 13.7 Å². The summed E-state index contributed by atoms with van der Waals surface area (Å²) in [6.07, 6.45) is 3.77. The van der Waals surface area contributed by atoms with E-state index < -0.39 is 5.97 Å². The Morgan fingerprint density at radius 2 is 1.82 bits per heavy atom. The standard InChI is InChI=1S/C22H22N2O4/c1-5-28-22(26)17-11-13-19-20(21(17)27-4)18(23-24(19)3)12-8-15-6-9-16(10-7-15)14(2)25/h6-13H,5H2,1-4H3/b12-8+. The van der Waals surface area contributed by atoms with E-state index in [9.17, 15) is 9.59 Å². The van der Waals surface area contributed by atoms with Crippen molar-refractivity contribution in [3.8, 4) is 5.75 Å². The monoisotopic (exact) mass is 378 g/mol. The number of methoxy groups -OCH3 is 1. The normalized spacial score (nSPS) is 11.1. The summed E-state index contributed by atoms with van der Waals surface area (Å²) < 4.78 is 12.4. The Morgan fingerprint density at radius 3 is 2.43 bits per heavy atom. The number of hydrogen-bond donors (Lipinski definition) is 0. The van der Waals surface area contributed by atoms with E-state index in [1.165, 1.54) is 14.0 Å². The molecule has 1 aromatic heterocycles. The second-order valence-corrected chi connectivity index (χ2v) is 6.28. The molecule has 0 atom stereocenters. The summed E-state index contributed by atoms with van der Waals surface area (Å²) >= 11 is 0. The molecule has 0 fully saturated rings. The van der Waals surface area contributed by atoms with E-state index in [2.05, 4.69) is 5.10 Å². The molecule has 0 radical (unpaired) electrons. The first kappa shape index (κ1) is 19.4. The van der Waals surface area contributed by atoms with Gasteiger partial charge in [0, 0.05) is 12.6 Å². The first-order valence-corrected chi connectivity index (χ1v) is 8.96. The molecule has 0 aliphatic carbocycles. The smallest absolute Gasteiger partial charge is 0.341 e. The quantitative estimate of drug-likeness (QED) is 0.476. The van der Waals surface area contributed by atoms with Crippen LogP contribution < -0.4 is 4.74 Å². The summed E-state index contributed by atoms with van der Waals surface area (Å²) in [5.41, 5.74) is 3.49. The Hall–Kier alpha value is -3.41. The van der Waals surface area contributed by atoms with E-state index in [1.807, 2.05) is 37.4 Å². The molecule has 0 aliphatic heterocycles. The van der Waals surface area contributed by atoms with E-state index in [-0.39, 0.29) is 12.4 Å². The fraction of sp³-hybridized carbons (Fsp3) is 0.227. The number of fused-ring (bicyclic) bond motifs is 1. The fourth-order valence-electron chi connectivity index (χ4n) is 3.06. The average Bonchev–Trinajstić information content (AvgIpc) is 3.02. The minimum Gasteiger partial charge on any atom is -0.495 e. The summed E-state index contributed by atoms with van der Waals surface area (Å²) in [6.45, 7) is 3.59. The molecule has 2 aromatic carbocycles. The number of ether oxygens (including phenoxy) is 2. The highest BCUT2D eigenvalue weighted by atomic mass is 16.5. The van der Waals surface area contributed by atoms with Crippen molar-refractivity contribution in [3.05, 3.63) is 58.8 Å². The number of hydrogen-bond acceptors (Lipinski definition) is 5. The van der Waals surface area contributed by atoms with Gasteiger partial charge in [-0.2, -0.15) is 5.10 Å². The molecular weight excluding hydrogens is 356 g/mol. The van der Waals surface area contributed by atoms with Crippen molar-refractivity contribution < 1.29 is 19.1 Å². The van der Waals surface area contributed by atoms with Gasteiger partial charge in [-0.15, -0.1) is 0 Å². The minimum absolute atomic E-state index is 0.0301. The number of rotatable bonds is 6. The van der Waals surface area contributed by atoms with Crippen LogP contribution >= 0.6 is 0 Å². The van der Waals surface area contributed by atoms with Gasteiger partial charge >= 0.3 is 5.97 Å². The highest BCUT2D eigenvalue weighted by Crippen LogP contribution is 2.33. The molecule has 0 unspecified atom stereocenters. The maximum Gasteiger partial charge on any atom is 0.341 e. The molecule has 144 valence electrons. The van der Waals surface area contributed by atoms with Gasteiger partial charge in [0.25, 0.3) is 0 Å². The molecule has 0 N–H and O–H groups in total. The number of esters is 1. The van der Waals surface area contributed by atoms with Gasteiger partial charge in [-0.1, -0.05) is 30.3 Å². The van der Waals surface area contributed by atoms with Crippen LogP contribution in [0.3, 0.4) is 0 Å². The number of aromatic nitrogens is 2. The van der Waals surface area contributed by atoms with Gasteiger partial charge in [0.15, 0.2) is 5.78 Å². The molecule has 0 amide bonds. The minimum atomic E-state index is -0.431. The number of Topliss-reactive ketones (excluding diaryl/α,β-unsaturated/α-hetero) is 1. The molecule has 0 saturated heterocycles. The van der Waals surface area contributed by atoms with E-state index in [1.54, 1.807) is 29.8 Å². The molecule has 6 heteroatoms. The van der Waals surface area contributed by atoms with Crippen LogP contribution in [-0.2, 0) is 11.8 Å². The van der Waals surface area contributed by atoms with Crippen LogP contribution in [0.25, 0.3) is 23.1 Å². The zero-order valence-electron chi connectivity index (χ0n) is 16.4. The second-order valence-electron chi connectivity index (χ2n) is 6.28. The van der Waals surface area contributed by atoms with Crippen molar-refractivity contribution in [1.29, 1.82) is 0 Å². The topological polar surface area (TPSA) is 70.4 Å². The molecular formula is C22H22N2O4. The van der Waals surface area contributed by atoms with Crippen LogP contribution in [0.15, 0.2) is 36.4 Å². The largest absolute Gasteiger partial charge is 0.495 e. The first-order chi connectivity index (χ1) is 13.5. The highest BCUT2D eigenvalue weighted by molar-refractivity contribution is 6.03. The Labute approximate surface area is 163 Å². The lowest BCUT2D eigenvalue weighted by Crippen LogP contribution is -2.07. The van der Waals surface area contributed by atoms with Gasteiger partial charge in [-0.3, -0.25) is 9.48 Å². The molecule has 1 heterocycles. The van der Waals surface area contributed by atoms with Gasteiger partial charge in [0.2, 0.25) is 0 Å². The van der Waals surface area contributed by atoms with Gasteiger partial charge in [-0.05, 0) is 37.6 Å². The molecule has 0 bridgehead atoms. The summed E-state index contributed by atoms with van der Waals surface area (Å²) in [6, 6.07) is 10.8. The summed E-state index contributed by atoms with van der Waals surface area (Å²) in [4.78, 5) is 23.7. The van der Waals surface area contributed by atoms with Gasteiger partial charge in [0.05, 0.1) is 30.3 Å². The lowest BCUT2D eigenvalue weighted by Gasteiger charge is -2.09. The van der Waals surface area contributed by atoms with E-state index in [4.69, 9.17) is 9.47 Å². The summed E-state index contributed by atoms with van der Waals surface area (Å²) in [5, 5.41) is 5.29. The first-order valence-electron chi connectivity index (χ1n) is 8.96. The zero-order valence-corrected chi connectivity index (χ0v) is 16.4. The maximum absolute atomic E-state index is 12.3. The van der Waals surface area contributed by atoms with Crippen LogP contribution in [0.2, 0.25) is 0 Å². The van der Waals surface area contributed by atoms with E-state index in [0.717, 1.165) is 16.5 Å². The number of carbonyl (C=O) groups is 2. The third-order valence-electron chi connectivity index (χ3n) is 4.45. The highest BCUT2D eigenvalue weighted by Gasteiger charge is 2.20. The zero-order chi connectivity index (χ0) is 20.3. The Balaban J connectivity index is 2.06. The summed E-state index contributed by atoms with van der Waals surface area (Å²) in [7, 11) is 3.36. The number of carbonyl (C=O) groups excluding carboxylic acids is 2. The number of aryl methyl sites for hydroxylation is 1. The van der Waals surface area contributed by atoms with E-state index >= 15 is 0 Å². The maximum atomic E-state index is 12.3. The lowest BCUT2D eigenvalue weighted by atomic mass is 10.1. The Bertz CT molecular complexity index is 1060. The van der Waals surface area contributed by atoms with Gasteiger partial charge in [0.1, 0.15) is 11.3 Å². The second kappa shape index (κ2) is 8.08. The molecule has 0 saturated carbocycles. The van der Waals surface area contributed by atoms with Crippen molar-refractivity contribution >= 4 is 34.8 Å². The predicted molar refractivity (Wildman–Crippen MR) is 109 cm³/mol. The lowest BCUT2D eigenvalue weighted by molar-refractivity contribution is 0.0523. The molecule has 6 nitrogen and oxygen atoms in total. The van der Waals surface area contributed by atoms with E-state index in [0.29, 0.717) is 22.6 Å². The molecule has 0 spiro atoms. The third-order valence-corrected chi connectivity index (χ3v) is 4.45. The van der Waals surface area contributed by atoms with Crippen molar-refractivity contribution in [1.82, 2.24) is 9.78 Å². The number of benzene rings is 2. The predicted octanol–water partition coefficient (Wildman–Crippen LogP) is 4.13. The van der Waals surface area contributed by atoms with Crippen molar-refractivity contribution in [3.63, 3.8) is 0 Å². The van der Waals surface area contributed by atoms with Crippen LogP contribution in [-0.4, -0.2) is 35.2 Å². The number of ketones is 1. The van der Waals surface area contributed by atoms with Crippen LogP contribution in [0.4, 0.5) is 0 Å². The Kier molecular flexibility index (Phi) is 5.59. The third kappa shape index (κ3) is 3.67. The summed E-state index contributed by atoms with van der Waals surface area (Å²) in [5.74, 6) is 0.0398. The molecule has 3 aromatic rings. The molecule has 0 aliphatic rings. The SMILES string of the molecule is CCOC(=O)c1ccc2c(c(/C=C/c3ccc(C(C)=O)cc3)nn2C)c1OC. The van der Waals surface area contributed by atoms with Gasteiger partial charge < -0.3 is 9.47 Å². The van der Waals surface area contributed by atoms with Crippen molar-refractivity contribution in [2.45, 2.75) is 13.8 Å². The molecule has 28 heavy (non-hydrogen) atoms. The average molecular weight is 378 g/mol. The van der Waals surface area contributed by atoms with Gasteiger partial charge in [-0.25, -0.2) is 4.79 Å².